The average Bonchev–Trinajstić information content (AvgIpc) is 2.34. The summed E-state index contributed by atoms with van der Waals surface area (Å²) < 4.78 is 0. The van der Waals surface area contributed by atoms with Gasteiger partial charge < -0.3 is 10.6 Å². The Morgan fingerprint density at radius 2 is 2.18 bits per heavy atom. The summed E-state index contributed by atoms with van der Waals surface area (Å²) in [5.41, 5.74) is 2.38. The van der Waals surface area contributed by atoms with Crippen LogP contribution < -0.4 is 10.6 Å². The van der Waals surface area contributed by atoms with Gasteiger partial charge >= 0.3 is 0 Å². The summed E-state index contributed by atoms with van der Waals surface area (Å²) in [6.45, 7) is 4.33. The van der Waals surface area contributed by atoms with Gasteiger partial charge in [-0.1, -0.05) is 24.3 Å². The van der Waals surface area contributed by atoms with Crippen molar-refractivity contribution in [3.63, 3.8) is 0 Å². The summed E-state index contributed by atoms with van der Waals surface area (Å²) in [5.74, 6) is -0.160. The third-order valence-corrected chi connectivity index (χ3v) is 2.59. The predicted octanol–water partition coefficient (Wildman–Crippen LogP) is 1.29. The zero-order valence-electron chi connectivity index (χ0n) is 10.2. The van der Waals surface area contributed by atoms with Crippen LogP contribution in [0, 0.1) is 18.3 Å². The molecule has 0 saturated carbocycles. The minimum Gasteiger partial charge on any atom is -0.342 e. The monoisotopic (exact) mass is 231 g/mol. The van der Waals surface area contributed by atoms with Crippen molar-refractivity contribution in [1.82, 2.24) is 10.6 Å². The number of carbonyl (C=O) groups excluding carboxylic acids is 1. The van der Waals surface area contributed by atoms with Crippen molar-refractivity contribution < 1.29 is 4.79 Å². The number of nitrogens with one attached hydrogen (secondary N) is 2. The second kappa shape index (κ2) is 6.66. The maximum absolute atomic E-state index is 11.3. The Bertz CT molecular complexity index is 423. The molecular formula is C13H17N3O. The van der Waals surface area contributed by atoms with E-state index in [9.17, 15) is 4.79 Å². The minimum absolute atomic E-state index is 0.0548. The largest absolute Gasteiger partial charge is 0.342 e. The topological polar surface area (TPSA) is 64.9 Å². The van der Waals surface area contributed by atoms with Crippen LogP contribution in [0.25, 0.3) is 0 Å². The van der Waals surface area contributed by atoms with Crippen molar-refractivity contribution in [1.29, 1.82) is 5.26 Å². The van der Waals surface area contributed by atoms with Gasteiger partial charge in [-0.25, -0.2) is 0 Å². The highest BCUT2D eigenvalue weighted by molar-refractivity contribution is 5.78. The van der Waals surface area contributed by atoms with Crippen LogP contribution in [0.15, 0.2) is 24.3 Å². The highest BCUT2D eigenvalue weighted by atomic mass is 16.1. The van der Waals surface area contributed by atoms with Gasteiger partial charge in [0.1, 0.15) is 6.54 Å². The normalized spacial score (nSPS) is 11.6. The van der Waals surface area contributed by atoms with E-state index in [0.29, 0.717) is 0 Å². The van der Waals surface area contributed by atoms with Crippen molar-refractivity contribution in [3.8, 4) is 6.07 Å². The Hall–Kier alpha value is -1.86. The Morgan fingerprint density at radius 3 is 2.82 bits per heavy atom. The summed E-state index contributed by atoms with van der Waals surface area (Å²) in [5, 5.41) is 13.9. The van der Waals surface area contributed by atoms with Crippen molar-refractivity contribution >= 4 is 5.91 Å². The fourth-order valence-electron chi connectivity index (χ4n) is 1.63. The lowest BCUT2D eigenvalue weighted by Gasteiger charge is -2.15. The van der Waals surface area contributed by atoms with Crippen LogP contribution in [0.3, 0.4) is 0 Å². The molecule has 0 bridgehead atoms. The number of amides is 1. The van der Waals surface area contributed by atoms with E-state index in [1.54, 1.807) is 0 Å². The molecule has 2 N–H and O–H groups in total. The Balaban J connectivity index is 2.45. The lowest BCUT2D eigenvalue weighted by atomic mass is 10.0. The van der Waals surface area contributed by atoms with Crippen molar-refractivity contribution in [2.45, 2.75) is 19.9 Å². The molecule has 1 amide bonds. The minimum atomic E-state index is -0.160. The number of nitriles is 1. The molecule has 1 rings (SSSR count). The molecule has 0 fully saturated rings. The molecule has 17 heavy (non-hydrogen) atoms. The molecule has 0 aliphatic rings. The second-order valence-corrected chi connectivity index (χ2v) is 3.89. The van der Waals surface area contributed by atoms with Gasteiger partial charge in [-0.3, -0.25) is 4.79 Å². The van der Waals surface area contributed by atoms with Gasteiger partial charge in [0.2, 0.25) is 5.91 Å². The van der Waals surface area contributed by atoms with Crippen molar-refractivity contribution in [2.75, 3.05) is 13.1 Å². The van der Waals surface area contributed by atoms with E-state index in [1.807, 2.05) is 44.2 Å². The van der Waals surface area contributed by atoms with Gasteiger partial charge in [-0.15, -0.1) is 0 Å². The standard InChI is InChI=1S/C13H17N3O/c1-10-5-3-4-6-12(10)11(2)16-9-13(17)15-8-7-14/h3-6,11,16H,8-9H2,1-2H3,(H,15,17). The molecule has 1 aromatic rings. The van der Waals surface area contributed by atoms with Crippen LogP contribution in [-0.4, -0.2) is 19.0 Å². The second-order valence-electron chi connectivity index (χ2n) is 3.89. The van der Waals surface area contributed by atoms with E-state index in [4.69, 9.17) is 5.26 Å². The van der Waals surface area contributed by atoms with Crippen LogP contribution in [0.4, 0.5) is 0 Å². The number of aryl methyl sites for hydroxylation is 1. The molecule has 4 heteroatoms. The van der Waals surface area contributed by atoms with Crippen LogP contribution in [0.5, 0.6) is 0 Å². The van der Waals surface area contributed by atoms with E-state index in [1.165, 1.54) is 11.1 Å². The summed E-state index contributed by atoms with van der Waals surface area (Å²) >= 11 is 0. The first-order valence-corrected chi connectivity index (χ1v) is 5.57. The fourth-order valence-corrected chi connectivity index (χ4v) is 1.63. The summed E-state index contributed by atoms with van der Waals surface area (Å²) in [7, 11) is 0. The quantitative estimate of drug-likeness (QED) is 0.750. The van der Waals surface area contributed by atoms with Crippen LogP contribution in [0.1, 0.15) is 24.1 Å². The molecule has 0 aliphatic carbocycles. The molecule has 1 unspecified atom stereocenters. The molecule has 0 heterocycles. The van der Waals surface area contributed by atoms with Gasteiger partial charge in [0.05, 0.1) is 12.6 Å². The first-order chi connectivity index (χ1) is 8.15. The van der Waals surface area contributed by atoms with Crippen molar-refractivity contribution in [2.24, 2.45) is 0 Å². The molecular weight excluding hydrogens is 214 g/mol. The van der Waals surface area contributed by atoms with E-state index in [2.05, 4.69) is 10.6 Å². The number of benzene rings is 1. The summed E-state index contributed by atoms with van der Waals surface area (Å²) in [6, 6.07) is 10.0. The van der Waals surface area contributed by atoms with Crippen LogP contribution in [-0.2, 0) is 4.79 Å². The van der Waals surface area contributed by atoms with Crippen LogP contribution in [0.2, 0.25) is 0 Å². The number of nitrogens with zero attached hydrogens (tertiary/aromatic N) is 1. The first kappa shape index (κ1) is 13.2. The zero-order valence-corrected chi connectivity index (χ0v) is 10.2. The van der Waals surface area contributed by atoms with E-state index in [0.717, 1.165) is 0 Å². The molecule has 1 atom stereocenters. The molecule has 0 aliphatic heterocycles. The van der Waals surface area contributed by atoms with Gasteiger partial charge in [0.25, 0.3) is 0 Å². The predicted molar refractivity (Wildman–Crippen MR) is 66.2 cm³/mol. The molecule has 0 aromatic heterocycles. The smallest absolute Gasteiger partial charge is 0.234 e. The highest BCUT2D eigenvalue weighted by Gasteiger charge is 2.08. The molecule has 4 nitrogen and oxygen atoms in total. The summed E-state index contributed by atoms with van der Waals surface area (Å²) in [6.07, 6.45) is 0. The molecule has 0 radical (unpaired) electrons. The van der Waals surface area contributed by atoms with E-state index >= 15 is 0 Å². The maximum Gasteiger partial charge on any atom is 0.234 e. The number of carbonyl (C=O) groups is 1. The Morgan fingerprint density at radius 1 is 1.47 bits per heavy atom. The van der Waals surface area contributed by atoms with Gasteiger partial charge in [0, 0.05) is 6.04 Å². The zero-order chi connectivity index (χ0) is 12.7. The van der Waals surface area contributed by atoms with Crippen LogP contribution >= 0.6 is 0 Å². The molecule has 0 saturated heterocycles. The molecule has 0 spiro atoms. The third kappa shape index (κ3) is 4.25. The molecule has 1 aromatic carbocycles. The van der Waals surface area contributed by atoms with Crippen molar-refractivity contribution in [3.05, 3.63) is 35.4 Å². The first-order valence-electron chi connectivity index (χ1n) is 5.57. The van der Waals surface area contributed by atoms with Gasteiger partial charge in [-0.05, 0) is 25.0 Å². The Kier molecular flexibility index (Phi) is 5.18. The highest BCUT2D eigenvalue weighted by Crippen LogP contribution is 2.15. The third-order valence-electron chi connectivity index (χ3n) is 2.59. The fraction of sp³-hybridized carbons (Fsp3) is 0.385. The molecule has 90 valence electrons. The average molecular weight is 231 g/mol. The lowest BCUT2D eigenvalue weighted by Crippen LogP contribution is -2.35. The number of hydrogen-bond donors (Lipinski definition) is 2. The van der Waals surface area contributed by atoms with E-state index in [-0.39, 0.29) is 25.0 Å². The van der Waals surface area contributed by atoms with E-state index < -0.39 is 0 Å². The number of hydrogen-bond acceptors (Lipinski definition) is 3. The Labute approximate surface area is 102 Å². The van der Waals surface area contributed by atoms with Gasteiger partial charge in [0.15, 0.2) is 0 Å². The SMILES string of the molecule is Cc1ccccc1C(C)NCC(=O)NCC#N. The summed E-state index contributed by atoms with van der Waals surface area (Å²) in [4.78, 5) is 11.3. The van der Waals surface area contributed by atoms with Gasteiger partial charge in [-0.2, -0.15) is 5.26 Å². The lowest BCUT2D eigenvalue weighted by molar-refractivity contribution is -0.120. The maximum atomic E-state index is 11.3. The number of rotatable bonds is 5.